The van der Waals surface area contributed by atoms with E-state index in [-0.39, 0.29) is 0 Å². The molecule has 1 aliphatic carbocycles. The molecule has 0 bridgehead atoms. The predicted octanol–water partition coefficient (Wildman–Crippen LogP) is 4.10. The van der Waals surface area contributed by atoms with Crippen LogP contribution in [0.25, 0.3) is 0 Å². The molecule has 1 N–H and O–H groups in total. The van der Waals surface area contributed by atoms with E-state index in [2.05, 4.69) is 36.0 Å². The quantitative estimate of drug-likeness (QED) is 0.803. The Labute approximate surface area is 110 Å². The Hall–Kier alpha value is -0.340. The number of rotatable bonds is 6. The topological polar surface area (TPSA) is 12.0 Å². The molecule has 0 saturated heterocycles. The molecule has 96 valence electrons. The van der Waals surface area contributed by atoms with E-state index in [0.717, 1.165) is 11.8 Å². The predicted molar refractivity (Wildman–Crippen MR) is 76.6 cm³/mol. The van der Waals surface area contributed by atoms with Gasteiger partial charge in [0, 0.05) is 6.04 Å². The van der Waals surface area contributed by atoms with Gasteiger partial charge in [-0.05, 0) is 66.5 Å². The molecule has 17 heavy (non-hydrogen) atoms. The molecule has 1 nitrogen and oxygen atoms in total. The van der Waals surface area contributed by atoms with E-state index in [4.69, 9.17) is 0 Å². The van der Waals surface area contributed by atoms with Gasteiger partial charge in [-0.15, -0.1) is 0 Å². The van der Waals surface area contributed by atoms with Crippen LogP contribution in [0.4, 0.5) is 0 Å². The van der Waals surface area contributed by atoms with Crippen LogP contribution in [0.15, 0.2) is 16.8 Å². The molecule has 0 spiro atoms. The molecule has 0 radical (unpaired) electrons. The maximum atomic E-state index is 3.77. The van der Waals surface area contributed by atoms with Gasteiger partial charge < -0.3 is 5.32 Å². The molecule has 2 rings (SSSR count). The number of nitrogens with one attached hydrogen (secondary N) is 1. The zero-order valence-corrected chi connectivity index (χ0v) is 11.9. The van der Waals surface area contributed by atoms with Crippen molar-refractivity contribution in [1.29, 1.82) is 0 Å². The van der Waals surface area contributed by atoms with Gasteiger partial charge in [0.2, 0.25) is 0 Å². The summed E-state index contributed by atoms with van der Waals surface area (Å²) < 4.78 is 0. The number of hydrogen-bond donors (Lipinski definition) is 1. The van der Waals surface area contributed by atoms with E-state index in [0.29, 0.717) is 6.04 Å². The van der Waals surface area contributed by atoms with Crippen molar-refractivity contribution in [1.82, 2.24) is 5.32 Å². The highest BCUT2D eigenvalue weighted by atomic mass is 32.1. The monoisotopic (exact) mass is 251 g/mol. The van der Waals surface area contributed by atoms with Crippen molar-refractivity contribution in [3.8, 4) is 0 Å². The summed E-state index contributed by atoms with van der Waals surface area (Å²) in [7, 11) is 0. The molecule has 2 heteroatoms. The Morgan fingerprint density at radius 2 is 2.35 bits per heavy atom. The van der Waals surface area contributed by atoms with Crippen molar-refractivity contribution >= 4 is 11.3 Å². The average molecular weight is 251 g/mol. The van der Waals surface area contributed by atoms with E-state index >= 15 is 0 Å². The fraction of sp³-hybridized carbons (Fsp3) is 0.733. The van der Waals surface area contributed by atoms with Crippen LogP contribution in [0.1, 0.15) is 45.1 Å². The van der Waals surface area contributed by atoms with Gasteiger partial charge in [-0.3, -0.25) is 0 Å². The zero-order valence-electron chi connectivity index (χ0n) is 11.1. The largest absolute Gasteiger partial charge is 0.313 e. The number of thiophene rings is 1. The summed E-state index contributed by atoms with van der Waals surface area (Å²) in [4.78, 5) is 0. The minimum atomic E-state index is 0.703. The Morgan fingerprint density at radius 3 is 2.94 bits per heavy atom. The van der Waals surface area contributed by atoms with Crippen molar-refractivity contribution in [2.24, 2.45) is 11.8 Å². The van der Waals surface area contributed by atoms with E-state index in [1.54, 1.807) is 0 Å². The van der Waals surface area contributed by atoms with Gasteiger partial charge in [0.25, 0.3) is 0 Å². The maximum absolute atomic E-state index is 3.77. The molecule has 1 fully saturated rings. The second-order valence-electron chi connectivity index (χ2n) is 5.57. The Bertz CT molecular complexity index is 307. The fourth-order valence-electron chi connectivity index (χ4n) is 3.01. The van der Waals surface area contributed by atoms with Crippen molar-refractivity contribution < 1.29 is 0 Å². The minimum Gasteiger partial charge on any atom is -0.313 e. The van der Waals surface area contributed by atoms with E-state index in [1.165, 1.54) is 44.2 Å². The SMILES string of the molecule is CCCNC(Cc1ccsc1)C1CCC(C)C1. The molecule has 1 aromatic heterocycles. The molecular weight excluding hydrogens is 226 g/mol. The molecule has 1 aromatic rings. The molecule has 1 aliphatic rings. The third kappa shape index (κ3) is 3.82. The van der Waals surface area contributed by atoms with Crippen molar-refractivity contribution in [2.45, 2.75) is 52.0 Å². The maximum Gasteiger partial charge on any atom is 0.0136 e. The molecule has 3 unspecified atom stereocenters. The van der Waals surface area contributed by atoms with Crippen LogP contribution in [-0.4, -0.2) is 12.6 Å². The van der Waals surface area contributed by atoms with Gasteiger partial charge in [0.1, 0.15) is 0 Å². The Kier molecular flexibility index (Phi) is 5.05. The molecule has 0 aromatic carbocycles. The summed E-state index contributed by atoms with van der Waals surface area (Å²) in [5.74, 6) is 1.84. The Morgan fingerprint density at radius 1 is 1.47 bits per heavy atom. The summed E-state index contributed by atoms with van der Waals surface area (Å²) in [6.07, 6.45) is 6.74. The van der Waals surface area contributed by atoms with Crippen molar-refractivity contribution in [2.75, 3.05) is 6.54 Å². The summed E-state index contributed by atoms with van der Waals surface area (Å²) >= 11 is 1.82. The lowest BCUT2D eigenvalue weighted by Gasteiger charge is -2.24. The van der Waals surface area contributed by atoms with E-state index in [9.17, 15) is 0 Å². The minimum absolute atomic E-state index is 0.703. The van der Waals surface area contributed by atoms with Crippen LogP contribution in [0.2, 0.25) is 0 Å². The lowest BCUT2D eigenvalue weighted by Crippen LogP contribution is -2.37. The van der Waals surface area contributed by atoms with Crippen LogP contribution in [0.5, 0.6) is 0 Å². The van der Waals surface area contributed by atoms with Crippen LogP contribution < -0.4 is 5.32 Å². The first-order valence-electron chi connectivity index (χ1n) is 7.04. The van der Waals surface area contributed by atoms with Crippen LogP contribution >= 0.6 is 11.3 Å². The molecule has 1 heterocycles. The van der Waals surface area contributed by atoms with Gasteiger partial charge in [0.05, 0.1) is 0 Å². The van der Waals surface area contributed by atoms with Gasteiger partial charge in [-0.1, -0.05) is 20.3 Å². The Balaban J connectivity index is 1.92. The van der Waals surface area contributed by atoms with Crippen molar-refractivity contribution in [3.05, 3.63) is 22.4 Å². The first-order valence-corrected chi connectivity index (χ1v) is 7.98. The van der Waals surface area contributed by atoms with E-state index in [1.807, 2.05) is 11.3 Å². The summed E-state index contributed by atoms with van der Waals surface area (Å²) in [6, 6.07) is 2.98. The van der Waals surface area contributed by atoms with Crippen molar-refractivity contribution in [3.63, 3.8) is 0 Å². The van der Waals surface area contributed by atoms with Crippen LogP contribution in [0, 0.1) is 11.8 Å². The highest BCUT2D eigenvalue weighted by Gasteiger charge is 2.28. The first kappa shape index (κ1) is 13.1. The van der Waals surface area contributed by atoms with Gasteiger partial charge in [-0.2, -0.15) is 11.3 Å². The smallest absolute Gasteiger partial charge is 0.0136 e. The standard InChI is InChI=1S/C15H25NS/c1-3-7-16-15(10-13-6-8-17-11-13)14-5-4-12(2)9-14/h6,8,11-12,14-16H,3-5,7,9-10H2,1-2H3. The van der Waals surface area contributed by atoms with Gasteiger partial charge in [-0.25, -0.2) is 0 Å². The second kappa shape index (κ2) is 6.55. The summed E-state index contributed by atoms with van der Waals surface area (Å²) in [5, 5.41) is 8.28. The summed E-state index contributed by atoms with van der Waals surface area (Å²) in [6.45, 7) is 5.83. The first-order chi connectivity index (χ1) is 8.29. The zero-order chi connectivity index (χ0) is 12.1. The molecule has 3 atom stereocenters. The molecule has 1 saturated carbocycles. The highest BCUT2D eigenvalue weighted by molar-refractivity contribution is 7.07. The lowest BCUT2D eigenvalue weighted by atomic mass is 9.92. The summed E-state index contributed by atoms with van der Waals surface area (Å²) in [5.41, 5.74) is 1.52. The second-order valence-corrected chi connectivity index (χ2v) is 6.35. The molecule has 0 amide bonds. The van der Waals surface area contributed by atoms with E-state index < -0.39 is 0 Å². The lowest BCUT2D eigenvalue weighted by molar-refractivity contribution is 0.349. The van der Waals surface area contributed by atoms with Gasteiger partial charge in [0.15, 0.2) is 0 Å². The number of hydrogen-bond acceptors (Lipinski definition) is 2. The molecular formula is C15H25NS. The highest BCUT2D eigenvalue weighted by Crippen LogP contribution is 2.33. The fourth-order valence-corrected chi connectivity index (χ4v) is 3.70. The van der Waals surface area contributed by atoms with Crippen LogP contribution in [0.3, 0.4) is 0 Å². The third-order valence-electron chi connectivity index (χ3n) is 4.00. The molecule has 0 aliphatic heterocycles. The van der Waals surface area contributed by atoms with Crippen LogP contribution in [-0.2, 0) is 6.42 Å². The average Bonchev–Trinajstić information content (AvgIpc) is 2.95. The van der Waals surface area contributed by atoms with Gasteiger partial charge >= 0.3 is 0 Å². The third-order valence-corrected chi connectivity index (χ3v) is 4.73. The normalized spacial score (nSPS) is 26.2.